The number of nitrogen functional groups attached to an aromatic ring is 1. The van der Waals surface area contributed by atoms with Crippen molar-refractivity contribution in [2.75, 3.05) is 18.1 Å². The molecule has 1 aromatic heterocycles. The van der Waals surface area contributed by atoms with Crippen LogP contribution in [-0.2, 0) is 38.2 Å². The van der Waals surface area contributed by atoms with E-state index in [0.29, 0.717) is 22.5 Å². The van der Waals surface area contributed by atoms with Gasteiger partial charge in [0, 0.05) is 17.6 Å². The molecule has 0 radical (unpaired) electrons. The van der Waals surface area contributed by atoms with Gasteiger partial charge in [-0.15, -0.1) is 23.1 Å². The van der Waals surface area contributed by atoms with Crippen LogP contribution in [0, 0.1) is 0 Å². The summed E-state index contributed by atoms with van der Waals surface area (Å²) in [7, 11) is 0. The minimum absolute atomic E-state index is 0.0394. The average Bonchev–Trinajstić information content (AvgIpc) is 3.76. The number of aromatic nitrogens is 1. The first-order valence-corrected chi connectivity index (χ1v) is 22.9. The Morgan fingerprint density at radius 1 is 0.864 bits per heavy atom. The number of fused-ring (bicyclic) bond motifs is 1. The molecule has 2 aliphatic heterocycles. The Morgan fingerprint density at radius 2 is 1.39 bits per heavy atom. The zero-order valence-corrected chi connectivity index (χ0v) is 38.0. The van der Waals surface area contributed by atoms with E-state index in [1.807, 2.05) is 121 Å². The maximum absolute atomic E-state index is 14.1. The zero-order chi connectivity index (χ0) is 46.8. The molecule has 15 nitrogen and oxygen atoms in total. The van der Waals surface area contributed by atoms with Gasteiger partial charge in [0.05, 0.1) is 0 Å². The summed E-state index contributed by atoms with van der Waals surface area (Å²) in [6.45, 7) is 8.65. The summed E-state index contributed by atoms with van der Waals surface area (Å²) in [4.78, 5) is 80.2. The summed E-state index contributed by atoms with van der Waals surface area (Å²) >= 11 is 2.40. The van der Waals surface area contributed by atoms with Gasteiger partial charge in [0.1, 0.15) is 41.1 Å². The van der Waals surface area contributed by atoms with Gasteiger partial charge in [0.15, 0.2) is 23.1 Å². The number of thiazole rings is 1. The van der Waals surface area contributed by atoms with Crippen molar-refractivity contribution in [1.82, 2.24) is 20.5 Å². The van der Waals surface area contributed by atoms with E-state index in [4.69, 9.17) is 24.8 Å². The van der Waals surface area contributed by atoms with Crippen molar-refractivity contribution in [2.24, 2.45) is 5.16 Å². The highest BCUT2D eigenvalue weighted by Crippen LogP contribution is 2.42. The molecule has 5 aromatic rings. The SMILES string of the molecule is C=CC1=C(C(=O)OC(c2ccccc2)c2ccccc2)N2C(=O)C(NC(=O)C(=NOCCC(NC(=O)OC(C)(C)C)C(=O)OC(c3ccccc3)c3ccccc3)c3csc(N)n3)[C@@H]2SC1. The smallest absolute Gasteiger partial charge is 0.408 e. The summed E-state index contributed by atoms with van der Waals surface area (Å²) in [5, 5.41) is 10.4. The molecule has 3 amide bonds. The Kier molecular flexibility index (Phi) is 15.0. The van der Waals surface area contributed by atoms with Crippen molar-refractivity contribution in [2.45, 2.75) is 62.5 Å². The van der Waals surface area contributed by atoms with Crippen molar-refractivity contribution in [3.63, 3.8) is 0 Å². The molecule has 340 valence electrons. The maximum atomic E-state index is 14.1. The summed E-state index contributed by atoms with van der Waals surface area (Å²) in [5.41, 5.74) is 8.28. The van der Waals surface area contributed by atoms with Gasteiger partial charge in [-0.1, -0.05) is 139 Å². The fourth-order valence-corrected chi connectivity index (χ4v) is 9.00. The number of esters is 2. The molecule has 4 N–H and O–H groups in total. The molecular weight excluding hydrogens is 881 g/mol. The van der Waals surface area contributed by atoms with E-state index >= 15 is 0 Å². The summed E-state index contributed by atoms with van der Waals surface area (Å²) in [5.74, 6) is -2.56. The molecule has 3 heterocycles. The summed E-state index contributed by atoms with van der Waals surface area (Å²) in [6, 6.07) is 34.5. The van der Waals surface area contributed by atoms with E-state index in [9.17, 15) is 24.0 Å². The van der Waals surface area contributed by atoms with Crippen molar-refractivity contribution >= 4 is 63.8 Å². The molecule has 7 rings (SSSR count). The lowest BCUT2D eigenvalue weighted by Gasteiger charge is -2.49. The van der Waals surface area contributed by atoms with Gasteiger partial charge in [-0.05, 0) is 48.6 Å². The number of thioether (sulfide) groups is 1. The van der Waals surface area contributed by atoms with Gasteiger partial charge in [0.2, 0.25) is 0 Å². The van der Waals surface area contributed by atoms with Crippen LogP contribution in [0.25, 0.3) is 0 Å². The van der Waals surface area contributed by atoms with Crippen LogP contribution < -0.4 is 16.4 Å². The topological polar surface area (TPSA) is 201 Å². The first-order valence-electron chi connectivity index (χ1n) is 20.9. The third kappa shape index (κ3) is 11.3. The monoisotopic (exact) mass is 928 g/mol. The zero-order valence-electron chi connectivity index (χ0n) is 36.3. The van der Waals surface area contributed by atoms with Crippen LogP contribution in [0.1, 0.15) is 67.3 Å². The molecule has 0 aliphatic carbocycles. The Hall–Kier alpha value is -7.24. The third-order valence-electron chi connectivity index (χ3n) is 10.2. The number of hydrogen-bond acceptors (Lipinski definition) is 14. The molecule has 0 spiro atoms. The van der Waals surface area contributed by atoms with Gasteiger partial charge in [-0.2, -0.15) is 0 Å². The number of carbonyl (C=O) groups excluding carboxylic acids is 5. The molecule has 1 fully saturated rings. The van der Waals surface area contributed by atoms with E-state index < -0.39 is 65.1 Å². The van der Waals surface area contributed by atoms with Gasteiger partial charge in [0.25, 0.3) is 11.8 Å². The molecule has 2 aliphatic rings. The van der Waals surface area contributed by atoms with Crippen LogP contribution in [0.4, 0.5) is 9.93 Å². The van der Waals surface area contributed by atoms with Gasteiger partial charge < -0.3 is 35.4 Å². The summed E-state index contributed by atoms with van der Waals surface area (Å²) < 4.78 is 17.7. The number of ether oxygens (including phenoxy) is 3. The minimum atomic E-state index is -1.27. The molecule has 66 heavy (non-hydrogen) atoms. The van der Waals surface area contributed by atoms with Crippen molar-refractivity contribution in [3.05, 3.63) is 179 Å². The largest absolute Gasteiger partial charge is 0.451 e. The average molecular weight is 929 g/mol. The lowest BCUT2D eigenvalue weighted by Crippen LogP contribution is -2.71. The lowest BCUT2D eigenvalue weighted by atomic mass is 10.0. The number of nitrogens with zero attached hydrogens (tertiary/aromatic N) is 3. The predicted molar refractivity (Wildman–Crippen MR) is 251 cm³/mol. The first kappa shape index (κ1) is 46.7. The molecule has 1 saturated heterocycles. The molecule has 17 heteroatoms. The minimum Gasteiger partial charge on any atom is -0.451 e. The Bertz CT molecular complexity index is 2520. The molecule has 4 aromatic carbocycles. The lowest BCUT2D eigenvalue weighted by molar-refractivity contribution is -0.154. The van der Waals surface area contributed by atoms with E-state index in [2.05, 4.69) is 27.4 Å². The van der Waals surface area contributed by atoms with Crippen molar-refractivity contribution < 1.29 is 43.0 Å². The van der Waals surface area contributed by atoms with Gasteiger partial charge in [-0.3, -0.25) is 14.5 Å². The fourth-order valence-electron chi connectivity index (χ4n) is 7.11. The number of hydrogen-bond donors (Lipinski definition) is 3. The van der Waals surface area contributed by atoms with Gasteiger partial charge >= 0.3 is 18.0 Å². The molecule has 2 unspecified atom stereocenters. The van der Waals surface area contributed by atoms with E-state index in [1.165, 1.54) is 28.1 Å². The van der Waals surface area contributed by atoms with E-state index in [0.717, 1.165) is 22.5 Å². The first-order chi connectivity index (χ1) is 31.8. The highest BCUT2D eigenvalue weighted by atomic mass is 32.2. The number of benzene rings is 4. The third-order valence-corrected chi connectivity index (χ3v) is 12.2. The number of nitrogens with two attached hydrogens (primary N) is 1. The normalized spacial score (nSPS) is 16.4. The molecule has 0 saturated carbocycles. The standard InChI is InChI=1S/C49H48N6O9S2/c1-5-30-28-65-44-38(43(57)55(44)39(30)46(59)63-41(33-22-14-8-15-23-33)34-24-16-9-17-25-34)53-42(56)37(36-29-66-47(50)51-36)54-61-27-26-35(52-48(60)64-49(2,3)4)45(58)62-40(31-18-10-6-11-19-31)32-20-12-7-13-21-32/h5-25,29,35,38,40-41,44H,1,26-28H2,2-4H3,(H2,50,51)(H,52,60)(H,53,56)/t35?,38?,44-/m0/s1. The second kappa shape index (κ2) is 21.2. The number of oxime groups is 1. The highest BCUT2D eigenvalue weighted by Gasteiger charge is 2.54. The van der Waals surface area contributed by atoms with Crippen LogP contribution in [0.15, 0.2) is 156 Å². The quantitative estimate of drug-likeness (QED) is 0.0211. The van der Waals surface area contributed by atoms with Crippen LogP contribution in [0.3, 0.4) is 0 Å². The number of rotatable bonds is 17. The number of anilines is 1. The maximum Gasteiger partial charge on any atom is 0.408 e. The number of nitrogens with one attached hydrogen (secondary N) is 2. The highest BCUT2D eigenvalue weighted by molar-refractivity contribution is 8.00. The number of alkyl carbamates (subject to hydrolysis) is 1. The second-order valence-corrected chi connectivity index (χ2v) is 18.0. The fraction of sp³-hybridized carbons (Fsp3) is 0.245. The molecular formula is C49H48N6O9S2. The summed E-state index contributed by atoms with van der Waals surface area (Å²) in [6.07, 6.45) is -1.07. The Morgan fingerprint density at radius 3 is 1.88 bits per heavy atom. The van der Waals surface area contributed by atoms with Crippen LogP contribution in [0.2, 0.25) is 0 Å². The van der Waals surface area contributed by atoms with Crippen molar-refractivity contribution in [1.29, 1.82) is 0 Å². The number of amides is 3. The Labute approximate surface area is 390 Å². The van der Waals surface area contributed by atoms with E-state index in [1.54, 1.807) is 20.8 Å². The molecule has 0 bridgehead atoms. The predicted octanol–water partition coefficient (Wildman–Crippen LogP) is 7.24. The number of allylic oxidation sites excluding steroid dienone is 1. The van der Waals surface area contributed by atoms with Gasteiger partial charge in [-0.25, -0.2) is 19.4 Å². The Balaban J connectivity index is 1.06. The molecule has 3 atom stereocenters. The second-order valence-electron chi connectivity index (χ2n) is 16.0. The van der Waals surface area contributed by atoms with Crippen LogP contribution in [-0.4, -0.2) is 80.9 Å². The number of carbonyl (C=O) groups is 5. The van der Waals surface area contributed by atoms with E-state index in [-0.39, 0.29) is 35.3 Å². The van der Waals surface area contributed by atoms with Crippen LogP contribution >= 0.6 is 23.1 Å². The van der Waals surface area contributed by atoms with Crippen LogP contribution in [0.5, 0.6) is 0 Å². The van der Waals surface area contributed by atoms with Crippen molar-refractivity contribution in [3.8, 4) is 0 Å². The number of β-lactam (4-membered cyclic amide) rings is 1.